The number of hydrogen-bond acceptors (Lipinski definition) is 11. The van der Waals surface area contributed by atoms with E-state index in [1.165, 1.54) is 43.5 Å². The molecule has 38 heavy (non-hydrogen) atoms. The number of ether oxygens (including phenoxy) is 2. The summed E-state index contributed by atoms with van der Waals surface area (Å²) >= 11 is 6.29. The van der Waals surface area contributed by atoms with E-state index in [9.17, 15) is 35.1 Å². The molecule has 1 heterocycles. The molecule has 0 N–H and O–H groups in total. The largest absolute Gasteiger partial charge is 0.493 e. The Kier molecular flexibility index (Phi) is 7.31. The molecule has 0 aromatic heterocycles. The van der Waals surface area contributed by atoms with Gasteiger partial charge in [0.05, 0.1) is 38.5 Å². The number of nitro groups is 3. The Hall–Kier alpha value is -4.89. The number of nitrogens with zero attached hydrogens (tertiary/aromatic N) is 4. The topological polar surface area (TPSA) is 168 Å². The van der Waals surface area contributed by atoms with Crippen LogP contribution in [0.4, 0.5) is 22.7 Å². The van der Waals surface area contributed by atoms with Gasteiger partial charge in [-0.05, 0) is 24.3 Å². The summed E-state index contributed by atoms with van der Waals surface area (Å²) in [5, 5.41) is 33.8. The van der Waals surface area contributed by atoms with Gasteiger partial charge in [0.2, 0.25) is 5.75 Å². The average molecular weight is 555 g/mol. The van der Waals surface area contributed by atoms with E-state index in [1.807, 2.05) is 0 Å². The number of thioether (sulfide) groups is 1. The number of methoxy groups -OCH3 is 1. The van der Waals surface area contributed by atoms with E-state index in [0.717, 1.165) is 34.9 Å². The molecule has 15 heteroatoms. The number of rotatable bonds is 8. The molecule has 1 aliphatic heterocycles. The molecule has 13 nitrogen and oxygen atoms in total. The van der Waals surface area contributed by atoms with Crippen LogP contribution in [0.5, 0.6) is 17.2 Å². The molecule has 0 saturated carbocycles. The predicted octanol–water partition coefficient (Wildman–Crippen LogP) is 5.62. The number of non-ortho nitro benzene ring substituents is 2. The summed E-state index contributed by atoms with van der Waals surface area (Å²) in [5.74, 6) is -0.660. The SMILES string of the molecule is COc1cccc(/C=C2\SC(=S)N(c3cccc([N+](=O)[O-])c3)C2=O)c1Oc1ccc([N+](=O)[O-])cc1[N+](=O)[O-]. The number of nitro benzene ring substituents is 3. The Bertz CT molecular complexity index is 1560. The second-order valence-corrected chi connectivity index (χ2v) is 9.12. The number of anilines is 1. The van der Waals surface area contributed by atoms with Gasteiger partial charge in [-0.15, -0.1) is 0 Å². The van der Waals surface area contributed by atoms with E-state index in [1.54, 1.807) is 12.1 Å². The van der Waals surface area contributed by atoms with Crippen LogP contribution in [-0.4, -0.2) is 32.1 Å². The molecule has 0 radical (unpaired) electrons. The fourth-order valence-corrected chi connectivity index (χ4v) is 4.74. The highest BCUT2D eigenvalue weighted by Gasteiger charge is 2.34. The lowest BCUT2D eigenvalue weighted by molar-refractivity contribution is -0.394. The van der Waals surface area contributed by atoms with Crippen LogP contribution in [0.3, 0.4) is 0 Å². The first-order chi connectivity index (χ1) is 18.1. The van der Waals surface area contributed by atoms with Crippen molar-refractivity contribution in [2.75, 3.05) is 12.0 Å². The first kappa shape index (κ1) is 26.2. The van der Waals surface area contributed by atoms with E-state index in [0.29, 0.717) is 0 Å². The monoisotopic (exact) mass is 554 g/mol. The third kappa shape index (κ3) is 5.14. The molecular weight excluding hydrogens is 540 g/mol. The first-order valence-corrected chi connectivity index (χ1v) is 11.6. The first-order valence-electron chi connectivity index (χ1n) is 10.4. The van der Waals surface area contributed by atoms with Crippen LogP contribution in [-0.2, 0) is 4.79 Å². The number of carbonyl (C=O) groups is 1. The fourth-order valence-electron chi connectivity index (χ4n) is 3.45. The fraction of sp³-hybridized carbons (Fsp3) is 0.0435. The second kappa shape index (κ2) is 10.6. The number of carbonyl (C=O) groups excluding carboxylic acids is 1. The van der Waals surface area contributed by atoms with Crippen molar-refractivity contribution in [3.8, 4) is 17.2 Å². The Morgan fingerprint density at radius 1 is 0.895 bits per heavy atom. The van der Waals surface area contributed by atoms with E-state index >= 15 is 0 Å². The van der Waals surface area contributed by atoms with Crippen LogP contribution in [0.2, 0.25) is 0 Å². The molecule has 4 rings (SSSR count). The third-order valence-electron chi connectivity index (χ3n) is 5.17. The molecule has 0 unspecified atom stereocenters. The lowest BCUT2D eigenvalue weighted by Gasteiger charge is -2.14. The zero-order valence-electron chi connectivity index (χ0n) is 19.1. The molecular formula is C23H14N4O9S2. The molecule has 1 amide bonds. The van der Waals surface area contributed by atoms with E-state index in [-0.39, 0.29) is 43.4 Å². The molecule has 192 valence electrons. The van der Waals surface area contributed by atoms with E-state index < -0.39 is 32.1 Å². The normalized spacial score (nSPS) is 14.0. The number of amides is 1. The Labute approximate surface area is 222 Å². The summed E-state index contributed by atoms with van der Waals surface area (Å²) in [4.78, 5) is 46.1. The Morgan fingerprint density at radius 2 is 1.58 bits per heavy atom. The molecule has 1 aliphatic rings. The van der Waals surface area contributed by atoms with Crippen molar-refractivity contribution in [2.24, 2.45) is 0 Å². The Balaban J connectivity index is 1.75. The maximum atomic E-state index is 13.2. The lowest BCUT2D eigenvalue weighted by Crippen LogP contribution is -2.27. The van der Waals surface area contributed by atoms with Crippen molar-refractivity contribution < 1.29 is 29.0 Å². The van der Waals surface area contributed by atoms with Crippen molar-refractivity contribution in [3.05, 3.63) is 101 Å². The minimum absolute atomic E-state index is 0.00701. The zero-order chi connectivity index (χ0) is 27.6. The minimum Gasteiger partial charge on any atom is -0.493 e. The van der Waals surface area contributed by atoms with Gasteiger partial charge in [0, 0.05) is 23.8 Å². The smallest absolute Gasteiger partial charge is 0.318 e. The van der Waals surface area contributed by atoms with Crippen LogP contribution < -0.4 is 14.4 Å². The van der Waals surface area contributed by atoms with Crippen LogP contribution in [0.1, 0.15) is 5.56 Å². The Morgan fingerprint density at radius 3 is 2.24 bits per heavy atom. The molecule has 0 spiro atoms. The van der Waals surface area contributed by atoms with Crippen molar-refractivity contribution in [1.29, 1.82) is 0 Å². The maximum Gasteiger partial charge on any atom is 0.318 e. The quantitative estimate of drug-likeness (QED) is 0.147. The summed E-state index contributed by atoms with van der Waals surface area (Å²) in [6, 6.07) is 13.1. The summed E-state index contributed by atoms with van der Waals surface area (Å²) in [6.45, 7) is 0. The number of hydrogen-bond donors (Lipinski definition) is 0. The summed E-state index contributed by atoms with van der Waals surface area (Å²) in [5.41, 5.74) is -0.846. The predicted molar refractivity (Wildman–Crippen MR) is 142 cm³/mol. The molecule has 3 aromatic carbocycles. The van der Waals surface area contributed by atoms with Gasteiger partial charge in [-0.2, -0.15) is 0 Å². The van der Waals surface area contributed by atoms with Crippen molar-refractivity contribution in [3.63, 3.8) is 0 Å². The molecule has 0 bridgehead atoms. The van der Waals surface area contributed by atoms with Crippen LogP contribution in [0, 0.1) is 30.3 Å². The van der Waals surface area contributed by atoms with Crippen molar-refractivity contribution in [1.82, 2.24) is 0 Å². The van der Waals surface area contributed by atoms with Gasteiger partial charge in [0.1, 0.15) is 0 Å². The van der Waals surface area contributed by atoms with Crippen LogP contribution in [0.25, 0.3) is 6.08 Å². The van der Waals surface area contributed by atoms with Crippen LogP contribution >= 0.6 is 24.0 Å². The summed E-state index contributed by atoms with van der Waals surface area (Å²) in [7, 11) is 1.35. The van der Waals surface area contributed by atoms with Gasteiger partial charge in [-0.1, -0.05) is 42.2 Å². The van der Waals surface area contributed by atoms with Gasteiger partial charge in [-0.25, -0.2) is 0 Å². The highest BCUT2D eigenvalue weighted by Crippen LogP contribution is 2.43. The van der Waals surface area contributed by atoms with Crippen LogP contribution in [0.15, 0.2) is 65.6 Å². The maximum absolute atomic E-state index is 13.2. The van der Waals surface area contributed by atoms with Crippen molar-refractivity contribution in [2.45, 2.75) is 0 Å². The third-order valence-corrected chi connectivity index (χ3v) is 6.47. The lowest BCUT2D eigenvalue weighted by atomic mass is 10.1. The minimum atomic E-state index is -0.818. The van der Waals surface area contributed by atoms with Gasteiger partial charge in [0.15, 0.2) is 15.8 Å². The standard InChI is InChI=1S/C23H14N4O9S2/c1-35-19-7-2-4-13(21(19)36-18-9-8-16(26(31)32)12-17(18)27(33)34)10-20-22(28)24(23(37)38-20)14-5-3-6-15(11-14)25(29)30/h2-12H,1H3/b20-10-. The van der Waals surface area contributed by atoms with Gasteiger partial charge < -0.3 is 9.47 Å². The van der Waals surface area contributed by atoms with Gasteiger partial charge in [0.25, 0.3) is 17.3 Å². The highest BCUT2D eigenvalue weighted by atomic mass is 32.2. The van der Waals surface area contributed by atoms with Crippen molar-refractivity contribution >= 4 is 63.0 Å². The molecule has 3 aromatic rings. The molecule has 0 aliphatic carbocycles. The molecule has 0 atom stereocenters. The number of para-hydroxylation sites is 1. The number of thiocarbonyl (C=S) groups is 1. The number of benzene rings is 3. The molecule has 1 fully saturated rings. The average Bonchev–Trinajstić information content (AvgIpc) is 3.17. The molecule has 1 saturated heterocycles. The van der Waals surface area contributed by atoms with Gasteiger partial charge >= 0.3 is 5.69 Å². The summed E-state index contributed by atoms with van der Waals surface area (Å²) in [6.07, 6.45) is 1.44. The highest BCUT2D eigenvalue weighted by molar-refractivity contribution is 8.27. The second-order valence-electron chi connectivity index (χ2n) is 7.44. The van der Waals surface area contributed by atoms with E-state index in [4.69, 9.17) is 21.7 Å². The van der Waals surface area contributed by atoms with E-state index in [2.05, 4.69) is 0 Å². The zero-order valence-corrected chi connectivity index (χ0v) is 20.8. The van der Waals surface area contributed by atoms with Gasteiger partial charge in [-0.3, -0.25) is 40.0 Å². The summed E-state index contributed by atoms with van der Waals surface area (Å²) < 4.78 is 11.3.